The normalized spacial score (nSPS) is 15.0. The molecule has 0 saturated heterocycles. The summed E-state index contributed by atoms with van der Waals surface area (Å²) in [7, 11) is -6.35. The molecular formula is C36H62N2O12Si3. The monoisotopic (exact) mass is 798 g/mol. The molecule has 53 heavy (non-hydrogen) atoms. The van der Waals surface area contributed by atoms with Gasteiger partial charge in [-0.15, -0.1) is 0 Å². The Hall–Kier alpha value is -2.81. The lowest BCUT2D eigenvalue weighted by atomic mass is 10.2. The van der Waals surface area contributed by atoms with Crippen molar-refractivity contribution in [3.8, 4) is 0 Å². The lowest BCUT2D eigenvalue weighted by molar-refractivity contribution is -0.146. The van der Waals surface area contributed by atoms with Crippen molar-refractivity contribution in [1.29, 1.82) is 0 Å². The first kappa shape index (κ1) is 46.3. The van der Waals surface area contributed by atoms with E-state index in [2.05, 4.69) is 39.3 Å². The zero-order valence-corrected chi connectivity index (χ0v) is 35.7. The van der Waals surface area contributed by atoms with Crippen molar-refractivity contribution in [2.45, 2.75) is 116 Å². The Morgan fingerprint density at radius 3 is 1.21 bits per heavy atom. The molecule has 0 aromatic heterocycles. The number of nitrogens with zero attached hydrogens (tertiary/aromatic N) is 2. The topological polar surface area (TPSA) is 164 Å². The van der Waals surface area contributed by atoms with Gasteiger partial charge in [0.05, 0.1) is 13.2 Å². The van der Waals surface area contributed by atoms with E-state index in [0.29, 0.717) is 78.0 Å². The summed E-state index contributed by atoms with van der Waals surface area (Å²) < 4.78 is 35.3. The van der Waals surface area contributed by atoms with E-state index in [9.17, 15) is 28.8 Å². The Labute approximate surface area is 318 Å². The second-order valence-corrected chi connectivity index (χ2v) is 27.4. The molecule has 0 radical (unpaired) electrons. The number of rotatable bonds is 30. The SMILES string of the molecule is C[Si](C)(CCCOCCOC(=O)CCCCCN1C(=O)C=CC1=O)O[Si](C)(C)O[Si](C)(C)CCCOCCOC(=O)CCCCCN1C(=O)C=CC1=O. The fourth-order valence-corrected chi connectivity index (χ4v) is 20.2. The molecule has 4 amide bonds. The van der Waals surface area contributed by atoms with Crippen LogP contribution in [0.3, 0.4) is 0 Å². The zero-order chi connectivity index (χ0) is 39.3. The average Bonchev–Trinajstić information content (AvgIpc) is 3.56. The van der Waals surface area contributed by atoms with E-state index in [0.717, 1.165) is 37.8 Å². The molecule has 17 heteroatoms. The quantitative estimate of drug-likeness (QED) is 0.0414. The largest absolute Gasteiger partial charge is 0.463 e. The summed E-state index contributed by atoms with van der Waals surface area (Å²) >= 11 is 0. The summed E-state index contributed by atoms with van der Waals surface area (Å²) in [4.78, 5) is 72.5. The van der Waals surface area contributed by atoms with Crippen molar-refractivity contribution in [2.75, 3.05) is 52.7 Å². The number of unbranched alkanes of at least 4 members (excludes halogenated alkanes) is 4. The number of imide groups is 2. The van der Waals surface area contributed by atoms with Gasteiger partial charge in [-0.05, 0) is 89.9 Å². The van der Waals surface area contributed by atoms with Gasteiger partial charge in [0.15, 0.2) is 16.6 Å². The molecule has 0 saturated carbocycles. The number of hydrogen-bond donors (Lipinski definition) is 0. The molecule has 0 unspecified atom stereocenters. The van der Waals surface area contributed by atoms with E-state index in [-0.39, 0.29) is 48.8 Å². The third-order valence-electron chi connectivity index (χ3n) is 8.49. The number of carbonyl (C=O) groups is 6. The molecule has 2 heterocycles. The van der Waals surface area contributed by atoms with Gasteiger partial charge in [-0.25, -0.2) is 0 Å². The molecule has 0 aromatic carbocycles. The van der Waals surface area contributed by atoms with Crippen LogP contribution in [-0.4, -0.2) is 123 Å². The van der Waals surface area contributed by atoms with Crippen molar-refractivity contribution in [2.24, 2.45) is 0 Å². The van der Waals surface area contributed by atoms with Gasteiger partial charge < -0.3 is 27.2 Å². The van der Waals surface area contributed by atoms with Crippen LogP contribution >= 0.6 is 0 Å². The second kappa shape index (κ2) is 23.9. The molecule has 0 atom stereocenters. The maximum absolute atomic E-state index is 12.0. The standard InChI is InChI=1S/C36H62N2O12Si3/c1-51(2,29-13-23-45-25-27-47-35(43)15-9-7-11-21-37-31(39)17-18-32(37)40)49-53(5,6)50-52(3,4)30-14-24-46-26-28-48-36(44)16-10-8-12-22-38-33(41)19-20-34(38)42/h17-20H,7-16,21-30H2,1-6H3. The summed E-state index contributed by atoms with van der Waals surface area (Å²) in [5, 5.41) is 0. The number of ether oxygens (including phenoxy) is 4. The van der Waals surface area contributed by atoms with E-state index >= 15 is 0 Å². The number of esters is 2. The van der Waals surface area contributed by atoms with Crippen LogP contribution in [0.25, 0.3) is 0 Å². The fraction of sp³-hybridized carbons (Fsp3) is 0.722. The highest BCUT2D eigenvalue weighted by atomic mass is 28.5. The lowest BCUT2D eigenvalue weighted by Crippen LogP contribution is -2.52. The number of hydrogen-bond acceptors (Lipinski definition) is 12. The highest BCUT2D eigenvalue weighted by molar-refractivity contribution is 6.87. The zero-order valence-electron chi connectivity index (χ0n) is 32.7. The Morgan fingerprint density at radius 1 is 0.491 bits per heavy atom. The maximum atomic E-state index is 12.0. The van der Waals surface area contributed by atoms with Crippen LogP contribution in [0, 0.1) is 0 Å². The summed E-state index contributed by atoms with van der Waals surface area (Å²) in [5.41, 5.74) is 0. The molecule has 0 aliphatic carbocycles. The minimum atomic E-state index is -2.36. The van der Waals surface area contributed by atoms with Crippen LogP contribution < -0.4 is 0 Å². The van der Waals surface area contributed by atoms with E-state index < -0.39 is 25.2 Å². The van der Waals surface area contributed by atoms with Gasteiger partial charge in [-0.1, -0.05) is 12.8 Å². The molecular weight excluding hydrogens is 737 g/mol. The fourth-order valence-electron chi connectivity index (χ4n) is 6.17. The summed E-state index contributed by atoms with van der Waals surface area (Å²) in [6.45, 7) is 16.0. The molecule has 0 aromatic rings. The molecule has 0 bridgehead atoms. The molecule has 14 nitrogen and oxygen atoms in total. The van der Waals surface area contributed by atoms with Gasteiger partial charge in [-0.2, -0.15) is 0 Å². The van der Waals surface area contributed by atoms with Gasteiger partial charge >= 0.3 is 20.5 Å². The van der Waals surface area contributed by atoms with E-state index in [1.165, 1.54) is 34.1 Å². The minimum absolute atomic E-state index is 0.209. The van der Waals surface area contributed by atoms with Gasteiger partial charge in [0.1, 0.15) is 13.2 Å². The summed E-state index contributed by atoms with van der Waals surface area (Å²) in [6, 6.07) is 1.86. The van der Waals surface area contributed by atoms with Crippen LogP contribution in [0.2, 0.25) is 51.4 Å². The minimum Gasteiger partial charge on any atom is -0.463 e. The summed E-state index contributed by atoms with van der Waals surface area (Å²) in [5.74, 6) is -1.68. The van der Waals surface area contributed by atoms with Gasteiger partial charge in [0.2, 0.25) is 0 Å². The van der Waals surface area contributed by atoms with E-state index in [1.807, 2.05) is 0 Å². The predicted molar refractivity (Wildman–Crippen MR) is 206 cm³/mol. The lowest BCUT2D eigenvalue weighted by Gasteiger charge is -2.38. The first-order valence-electron chi connectivity index (χ1n) is 18.9. The molecule has 0 spiro atoms. The van der Waals surface area contributed by atoms with Crippen LogP contribution in [0.5, 0.6) is 0 Å². The van der Waals surface area contributed by atoms with Crippen molar-refractivity contribution in [3.63, 3.8) is 0 Å². The number of carbonyl (C=O) groups excluding carboxylic acids is 6. The van der Waals surface area contributed by atoms with Crippen molar-refractivity contribution in [3.05, 3.63) is 24.3 Å². The summed E-state index contributed by atoms with van der Waals surface area (Å²) in [6.07, 6.45) is 11.4. The first-order chi connectivity index (χ1) is 25.0. The number of amides is 4. The third-order valence-corrected chi connectivity index (χ3v) is 20.0. The average molecular weight is 799 g/mol. The second-order valence-electron chi connectivity index (χ2n) is 14.9. The Morgan fingerprint density at radius 2 is 0.849 bits per heavy atom. The van der Waals surface area contributed by atoms with Gasteiger partial charge in [0.25, 0.3) is 23.6 Å². The third kappa shape index (κ3) is 20.4. The first-order valence-corrected chi connectivity index (χ1v) is 28.0. The smallest absolute Gasteiger partial charge is 0.311 e. The maximum Gasteiger partial charge on any atom is 0.311 e. The molecule has 2 rings (SSSR count). The Bertz CT molecular complexity index is 1160. The van der Waals surface area contributed by atoms with Crippen molar-refractivity contribution >= 4 is 60.8 Å². The molecule has 2 aliphatic rings. The van der Waals surface area contributed by atoms with Crippen molar-refractivity contribution in [1.82, 2.24) is 9.80 Å². The molecule has 0 N–H and O–H groups in total. The van der Waals surface area contributed by atoms with E-state index in [1.54, 1.807) is 0 Å². The highest BCUT2D eigenvalue weighted by Crippen LogP contribution is 2.26. The van der Waals surface area contributed by atoms with Crippen LogP contribution in [0.15, 0.2) is 24.3 Å². The highest BCUT2D eigenvalue weighted by Gasteiger charge is 2.39. The van der Waals surface area contributed by atoms with Crippen LogP contribution in [0.4, 0.5) is 0 Å². The van der Waals surface area contributed by atoms with Crippen LogP contribution in [0.1, 0.15) is 64.2 Å². The molecule has 2 aliphatic heterocycles. The predicted octanol–water partition coefficient (Wildman–Crippen LogP) is 5.00. The Balaban J connectivity index is 1.44. The van der Waals surface area contributed by atoms with E-state index in [4.69, 9.17) is 27.2 Å². The van der Waals surface area contributed by atoms with Gasteiger partial charge in [0, 0.05) is 63.4 Å². The van der Waals surface area contributed by atoms with Crippen LogP contribution in [-0.2, 0) is 55.9 Å². The Kier molecular flexibility index (Phi) is 20.9. The van der Waals surface area contributed by atoms with Crippen molar-refractivity contribution < 1.29 is 55.9 Å². The molecule has 300 valence electrons. The van der Waals surface area contributed by atoms with Gasteiger partial charge in [-0.3, -0.25) is 38.6 Å². The molecule has 0 fully saturated rings.